The van der Waals surface area contributed by atoms with Crippen molar-refractivity contribution in [1.82, 2.24) is 9.97 Å². The molecule has 0 aliphatic heterocycles. The first kappa shape index (κ1) is 17.5. The van der Waals surface area contributed by atoms with Gasteiger partial charge in [0.05, 0.1) is 24.6 Å². The maximum Gasteiger partial charge on any atom is 0.288 e. The second-order valence-electron chi connectivity index (χ2n) is 5.06. The molecule has 2 aromatic heterocycles. The van der Waals surface area contributed by atoms with Gasteiger partial charge in [0.2, 0.25) is 0 Å². The van der Waals surface area contributed by atoms with Gasteiger partial charge in [-0.15, -0.1) is 22.7 Å². The normalized spacial score (nSPS) is 11.4. The third kappa shape index (κ3) is 3.27. The van der Waals surface area contributed by atoms with Gasteiger partial charge in [-0.1, -0.05) is 18.2 Å². The Morgan fingerprint density at radius 3 is 1.96 bits per heavy atom. The topological polar surface area (TPSA) is 119 Å². The lowest BCUT2D eigenvalue weighted by Gasteiger charge is -2.27. The molecule has 0 radical (unpaired) electrons. The van der Waals surface area contributed by atoms with Crippen LogP contribution < -0.4 is 10.5 Å². The van der Waals surface area contributed by atoms with Crippen molar-refractivity contribution in [3.63, 3.8) is 0 Å². The van der Waals surface area contributed by atoms with Gasteiger partial charge in [-0.2, -0.15) is 0 Å². The van der Waals surface area contributed by atoms with Crippen LogP contribution in [0.25, 0.3) is 0 Å². The minimum Gasteiger partial charge on any atom is -0.463 e. The maximum absolute atomic E-state index is 12.5. The Balaban J connectivity index is 2.18. The maximum atomic E-state index is 12.5. The molecule has 9 heteroatoms. The average Bonchev–Trinajstić information content (AvgIpc) is 3.30. The molecule has 0 saturated heterocycles. The summed E-state index contributed by atoms with van der Waals surface area (Å²) in [5.74, 6) is -0.364. The Morgan fingerprint density at radius 1 is 1.04 bits per heavy atom. The Labute approximate surface area is 151 Å². The lowest BCUT2D eigenvalue weighted by Crippen LogP contribution is -2.47. The van der Waals surface area contributed by atoms with E-state index in [9.17, 15) is 15.0 Å². The summed E-state index contributed by atoms with van der Waals surface area (Å²) in [6.45, 7) is -0.535. The van der Waals surface area contributed by atoms with Crippen LogP contribution in [0.4, 0.5) is 0 Å². The molecule has 7 nitrogen and oxygen atoms in total. The summed E-state index contributed by atoms with van der Waals surface area (Å²) in [4.78, 5) is 21.1. The number of carbonyl (C=O) groups excluding carboxylic acids is 1. The van der Waals surface area contributed by atoms with E-state index in [1.165, 1.54) is 0 Å². The van der Waals surface area contributed by atoms with Crippen LogP contribution in [0.3, 0.4) is 0 Å². The highest BCUT2D eigenvalue weighted by atomic mass is 32.1. The lowest BCUT2D eigenvalue weighted by molar-refractivity contribution is -0.131. The first-order valence-electron chi connectivity index (χ1n) is 7.25. The van der Waals surface area contributed by atoms with E-state index in [4.69, 9.17) is 10.5 Å². The van der Waals surface area contributed by atoms with E-state index in [1.54, 1.807) is 35.0 Å². The van der Waals surface area contributed by atoms with Crippen molar-refractivity contribution in [2.75, 3.05) is 0 Å². The van der Waals surface area contributed by atoms with E-state index in [2.05, 4.69) is 9.97 Å². The molecule has 0 aliphatic rings. The van der Waals surface area contributed by atoms with Gasteiger partial charge in [0, 0.05) is 10.8 Å². The highest BCUT2D eigenvalue weighted by Gasteiger charge is 2.49. The number of benzene rings is 1. The average molecular weight is 377 g/mol. The summed E-state index contributed by atoms with van der Waals surface area (Å²) in [6.07, 6.45) is 0. The standard InChI is InChI=1S/C16H15N3O4S2/c17-13(22)16(14-18-10(6-20)8-24-14,15-19-11(7-21)9-25-15)23-12-4-2-1-3-5-12/h1-5,8-9,20-21H,6-7H2,(H2,17,22). The van der Waals surface area contributed by atoms with Gasteiger partial charge in [0.15, 0.2) is 10.0 Å². The number of primary amides is 1. The van der Waals surface area contributed by atoms with Gasteiger partial charge in [-0.25, -0.2) is 9.97 Å². The van der Waals surface area contributed by atoms with Crippen LogP contribution in [-0.4, -0.2) is 26.1 Å². The van der Waals surface area contributed by atoms with Crippen molar-refractivity contribution in [1.29, 1.82) is 0 Å². The first-order valence-corrected chi connectivity index (χ1v) is 9.01. The van der Waals surface area contributed by atoms with E-state index < -0.39 is 11.5 Å². The number of para-hydroxylation sites is 1. The number of hydrogen-bond acceptors (Lipinski definition) is 8. The fraction of sp³-hybridized carbons (Fsp3) is 0.188. The largest absolute Gasteiger partial charge is 0.463 e. The second-order valence-corrected chi connectivity index (χ2v) is 6.78. The number of aliphatic hydroxyl groups is 2. The number of rotatable bonds is 7. The smallest absolute Gasteiger partial charge is 0.288 e. The van der Waals surface area contributed by atoms with Crippen molar-refractivity contribution in [2.45, 2.75) is 18.8 Å². The van der Waals surface area contributed by atoms with E-state index in [1.807, 2.05) is 6.07 Å². The van der Waals surface area contributed by atoms with E-state index in [-0.39, 0.29) is 23.2 Å². The molecule has 25 heavy (non-hydrogen) atoms. The molecule has 130 valence electrons. The molecule has 0 fully saturated rings. The Bertz CT molecular complexity index is 821. The van der Waals surface area contributed by atoms with Crippen molar-refractivity contribution in [3.8, 4) is 5.75 Å². The van der Waals surface area contributed by atoms with E-state index >= 15 is 0 Å². The van der Waals surface area contributed by atoms with Gasteiger partial charge < -0.3 is 20.7 Å². The summed E-state index contributed by atoms with van der Waals surface area (Å²) in [6, 6.07) is 8.74. The monoisotopic (exact) mass is 377 g/mol. The third-order valence-electron chi connectivity index (χ3n) is 3.39. The molecule has 0 aliphatic carbocycles. The fourth-order valence-corrected chi connectivity index (χ4v) is 4.15. The highest BCUT2D eigenvalue weighted by Crippen LogP contribution is 2.38. The Hall–Kier alpha value is -2.33. The number of thiazole rings is 2. The molecule has 0 spiro atoms. The van der Waals surface area contributed by atoms with Gasteiger partial charge in [0.1, 0.15) is 5.75 Å². The summed E-state index contributed by atoms with van der Waals surface area (Å²) >= 11 is 2.30. The van der Waals surface area contributed by atoms with Gasteiger partial charge >= 0.3 is 0 Å². The number of amides is 1. The van der Waals surface area contributed by atoms with Gasteiger partial charge in [0.25, 0.3) is 11.5 Å². The van der Waals surface area contributed by atoms with Crippen LogP contribution >= 0.6 is 22.7 Å². The molecule has 0 unspecified atom stereocenters. The predicted molar refractivity (Wildman–Crippen MR) is 93.1 cm³/mol. The summed E-state index contributed by atoms with van der Waals surface area (Å²) in [7, 11) is 0. The van der Waals surface area contributed by atoms with Crippen LogP contribution in [0.2, 0.25) is 0 Å². The molecule has 2 heterocycles. The van der Waals surface area contributed by atoms with Crippen LogP contribution in [0.5, 0.6) is 5.75 Å². The molecule has 0 atom stereocenters. The molecular weight excluding hydrogens is 362 g/mol. The van der Waals surface area contributed by atoms with Gasteiger partial charge in [-0.3, -0.25) is 4.79 Å². The summed E-state index contributed by atoms with van der Waals surface area (Å²) < 4.78 is 6.01. The summed E-state index contributed by atoms with van der Waals surface area (Å²) in [5.41, 5.74) is 4.80. The van der Waals surface area contributed by atoms with Crippen LogP contribution in [0.15, 0.2) is 41.1 Å². The number of nitrogens with zero attached hydrogens (tertiary/aromatic N) is 2. The van der Waals surface area contributed by atoms with Crippen LogP contribution in [-0.2, 0) is 23.6 Å². The van der Waals surface area contributed by atoms with E-state index in [0.29, 0.717) is 17.1 Å². The number of ether oxygens (including phenoxy) is 1. The predicted octanol–water partition coefficient (Wildman–Crippen LogP) is 1.39. The Morgan fingerprint density at radius 2 is 1.56 bits per heavy atom. The SMILES string of the molecule is NC(=O)C(Oc1ccccc1)(c1nc(CO)cs1)c1nc(CO)cs1. The molecule has 0 saturated carbocycles. The van der Waals surface area contributed by atoms with E-state index in [0.717, 1.165) is 22.7 Å². The van der Waals surface area contributed by atoms with Gasteiger partial charge in [-0.05, 0) is 12.1 Å². The number of aliphatic hydroxyl groups excluding tert-OH is 2. The highest BCUT2D eigenvalue weighted by molar-refractivity contribution is 7.11. The van der Waals surface area contributed by atoms with Crippen molar-refractivity contribution < 1.29 is 19.7 Å². The first-order chi connectivity index (χ1) is 12.1. The van der Waals surface area contributed by atoms with Crippen LogP contribution in [0, 0.1) is 0 Å². The fourth-order valence-electron chi connectivity index (χ4n) is 2.19. The molecule has 1 aromatic carbocycles. The quantitative estimate of drug-likeness (QED) is 0.573. The molecule has 4 N–H and O–H groups in total. The van der Waals surface area contributed by atoms with Crippen molar-refractivity contribution in [3.05, 3.63) is 62.5 Å². The third-order valence-corrected chi connectivity index (χ3v) is 5.37. The zero-order valence-electron chi connectivity index (χ0n) is 13.0. The number of aromatic nitrogens is 2. The lowest BCUT2D eigenvalue weighted by atomic mass is 10.0. The zero-order valence-corrected chi connectivity index (χ0v) is 14.6. The number of nitrogens with two attached hydrogens (primary N) is 1. The zero-order chi connectivity index (χ0) is 17.9. The van der Waals surface area contributed by atoms with Crippen LogP contribution in [0.1, 0.15) is 21.4 Å². The number of hydrogen-bond donors (Lipinski definition) is 3. The molecule has 3 aromatic rings. The second kappa shape index (κ2) is 7.28. The Kier molecular flexibility index (Phi) is 5.09. The molecule has 0 bridgehead atoms. The number of carbonyl (C=O) groups is 1. The summed E-state index contributed by atoms with van der Waals surface area (Å²) in [5, 5.41) is 22.4. The molecule has 1 amide bonds. The molecular formula is C16H15N3O4S2. The van der Waals surface area contributed by atoms with Crippen molar-refractivity contribution >= 4 is 28.6 Å². The minimum atomic E-state index is -1.74. The minimum absolute atomic E-state index is 0.267. The molecule has 3 rings (SSSR count). The van der Waals surface area contributed by atoms with Crippen molar-refractivity contribution in [2.24, 2.45) is 5.73 Å².